The molecule has 1 saturated heterocycles. The molecule has 1 aliphatic heterocycles. The fraction of sp³-hybridized carbons (Fsp3) is 0.316. The van der Waals surface area contributed by atoms with Gasteiger partial charge in [-0.05, 0) is 49.2 Å². The zero-order chi connectivity index (χ0) is 21.9. The third-order valence-electron chi connectivity index (χ3n) is 4.38. The zero-order valence-electron chi connectivity index (χ0n) is 15.6. The van der Waals surface area contributed by atoms with Crippen LogP contribution in [0.3, 0.4) is 0 Å². The Balaban J connectivity index is 1.94. The van der Waals surface area contributed by atoms with Crippen LogP contribution in [0.4, 0.5) is 23.2 Å². The van der Waals surface area contributed by atoms with Crippen LogP contribution in [-0.2, 0) is 10.0 Å². The number of alkyl halides is 3. The first-order valence-corrected chi connectivity index (χ1v) is 10.4. The number of benzene rings is 2. The maximum Gasteiger partial charge on any atom is 0.422 e. The maximum atomic E-state index is 13.4. The highest BCUT2D eigenvalue weighted by Gasteiger charge is 2.31. The highest BCUT2D eigenvalue weighted by molar-refractivity contribution is 7.89. The lowest BCUT2D eigenvalue weighted by Crippen LogP contribution is -2.28. The molecule has 3 rings (SSSR count). The first-order chi connectivity index (χ1) is 14.1. The van der Waals surface area contributed by atoms with Crippen molar-refractivity contribution in [3.05, 3.63) is 53.8 Å². The van der Waals surface area contributed by atoms with Crippen LogP contribution in [0.1, 0.15) is 23.2 Å². The van der Waals surface area contributed by atoms with Crippen LogP contribution in [0.15, 0.2) is 47.4 Å². The molecule has 1 fully saturated rings. The summed E-state index contributed by atoms with van der Waals surface area (Å²) in [4.78, 5) is 12.2. The Labute approximate surface area is 170 Å². The van der Waals surface area contributed by atoms with Crippen LogP contribution >= 0.6 is 0 Å². The monoisotopic (exact) mass is 446 g/mol. The van der Waals surface area contributed by atoms with Crippen LogP contribution in [0.5, 0.6) is 5.75 Å². The first-order valence-electron chi connectivity index (χ1n) is 8.97. The van der Waals surface area contributed by atoms with E-state index < -0.39 is 34.5 Å². The number of carbonyl (C=O) groups excluding carboxylic acids is 1. The molecular formula is C19H18F4N2O4S. The standard InChI is InChI=1S/C19H18F4N2O4S/c20-14-5-3-4-13(10-14)18(26)24-16-11-15(30(27,28)25-8-1-2-9-25)6-7-17(16)29-12-19(21,22)23/h3-7,10-11H,1-2,8-9,12H2,(H,24,26). The summed E-state index contributed by atoms with van der Waals surface area (Å²) in [6, 6.07) is 7.87. The third kappa shape index (κ3) is 5.28. The van der Waals surface area contributed by atoms with Gasteiger partial charge in [0.25, 0.3) is 5.91 Å². The van der Waals surface area contributed by atoms with E-state index in [0.29, 0.717) is 25.9 Å². The molecule has 0 aromatic heterocycles. The van der Waals surface area contributed by atoms with Crippen LogP contribution < -0.4 is 10.1 Å². The SMILES string of the molecule is O=C(Nc1cc(S(=O)(=O)N2CCCC2)ccc1OCC(F)(F)F)c1cccc(F)c1. The van der Waals surface area contributed by atoms with E-state index in [9.17, 15) is 30.8 Å². The smallest absolute Gasteiger partial charge is 0.422 e. The minimum atomic E-state index is -4.63. The van der Waals surface area contributed by atoms with E-state index in [1.165, 1.54) is 16.4 Å². The fourth-order valence-corrected chi connectivity index (χ4v) is 4.50. The van der Waals surface area contributed by atoms with Gasteiger partial charge in [-0.2, -0.15) is 17.5 Å². The summed E-state index contributed by atoms with van der Waals surface area (Å²) in [7, 11) is -3.88. The van der Waals surface area contributed by atoms with Crippen molar-refractivity contribution in [3.8, 4) is 5.75 Å². The molecule has 11 heteroatoms. The Bertz CT molecular complexity index is 1040. The first kappa shape index (κ1) is 22.0. The highest BCUT2D eigenvalue weighted by Crippen LogP contribution is 2.32. The summed E-state index contributed by atoms with van der Waals surface area (Å²) in [5.41, 5.74) is -0.363. The second kappa shape index (κ2) is 8.60. The molecule has 0 spiro atoms. The summed E-state index contributed by atoms with van der Waals surface area (Å²) in [6.45, 7) is -0.965. The van der Waals surface area contributed by atoms with E-state index in [0.717, 1.165) is 30.3 Å². The molecule has 1 amide bonds. The average Bonchev–Trinajstić information content (AvgIpc) is 3.22. The number of amides is 1. The van der Waals surface area contributed by atoms with Gasteiger partial charge in [-0.25, -0.2) is 12.8 Å². The molecule has 1 aliphatic rings. The number of carbonyl (C=O) groups is 1. The van der Waals surface area contributed by atoms with Crippen molar-refractivity contribution in [1.82, 2.24) is 4.31 Å². The number of halogens is 4. The summed E-state index contributed by atoms with van der Waals surface area (Å²) in [6.07, 6.45) is -3.23. The van der Waals surface area contributed by atoms with Crippen molar-refractivity contribution in [2.45, 2.75) is 23.9 Å². The Hall–Kier alpha value is -2.66. The third-order valence-corrected chi connectivity index (χ3v) is 6.27. The van der Waals surface area contributed by atoms with Gasteiger partial charge in [0, 0.05) is 18.7 Å². The number of sulfonamides is 1. The number of nitrogens with zero attached hydrogens (tertiary/aromatic N) is 1. The molecule has 0 bridgehead atoms. The van der Waals surface area contributed by atoms with Crippen molar-refractivity contribution in [3.63, 3.8) is 0 Å². The summed E-state index contributed by atoms with van der Waals surface area (Å²) < 4.78 is 82.6. The van der Waals surface area contributed by atoms with Gasteiger partial charge in [-0.1, -0.05) is 6.07 Å². The summed E-state index contributed by atoms with van der Waals surface area (Å²) in [5, 5.41) is 2.31. The van der Waals surface area contributed by atoms with Gasteiger partial charge in [0.1, 0.15) is 11.6 Å². The lowest BCUT2D eigenvalue weighted by atomic mass is 10.2. The number of anilines is 1. The number of ether oxygens (including phenoxy) is 1. The van der Waals surface area contributed by atoms with Gasteiger partial charge >= 0.3 is 6.18 Å². The van der Waals surface area contributed by atoms with Crippen molar-refractivity contribution >= 4 is 21.6 Å². The Morgan fingerprint density at radius 2 is 1.80 bits per heavy atom. The molecule has 6 nitrogen and oxygen atoms in total. The van der Waals surface area contributed by atoms with E-state index in [1.807, 2.05) is 0 Å². The number of rotatable bonds is 6. The second-order valence-electron chi connectivity index (χ2n) is 6.64. The van der Waals surface area contributed by atoms with Crippen LogP contribution in [0, 0.1) is 5.82 Å². The van der Waals surface area contributed by atoms with Crippen LogP contribution in [0.2, 0.25) is 0 Å². The molecule has 2 aromatic carbocycles. The predicted octanol–water partition coefficient (Wildman–Crippen LogP) is 3.80. The number of hydrogen-bond acceptors (Lipinski definition) is 4. The molecule has 0 radical (unpaired) electrons. The number of nitrogens with one attached hydrogen (secondary N) is 1. The average molecular weight is 446 g/mol. The molecule has 0 atom stereocenters. The topological polar surface area (TPSA) is 75.7 Å². The molecule has 0 saturated carbocycles. The van der Waals surface area contributed by atoms with Crippen molar-refractivity contribution in [2.24, 2.45) is 0 Å². The van der Waals surface area contributed by atoms with Gasteiger partial charge in [0.05, 0.1) is 10.6 Å². The highest BCUT2D eigenvalue weighted by atomic mass is 32.2. The maximum absolute atomic E-state index is 13.4. The van der Waals surface area contributed by atoms with Crippen molar-refractivity contribution in [2.75, 3.05) is 25.0 Å². The Kier molecular flexibility index (Phi) is 6.32. The minimum absolute atomic E-state index is 0.0930. The Morgan fingerprint density at radius 1 is 1.10 bits per heavy atom. The van der Waals surface area contributed by atoms with Gasteiger partial charge in [-0.15, -0.1) is 0 Å². The van der Waals surface area contributed by atoms with E-state index >= 15 is 0 Å². The lowest BCUT2D eigenvalue weighted by molar-refractivity contribution is -0.153. The molecule has 162 valence electrons. The summed E-state index contributed by atoms with van der Waals surface area (Å²) in [5.74, 6) is -1.87. The van der Waals surface area contributed by atoms with E-state index in [2.05, 4.69) is 5.32 Å². The van der Waals surface area contributed by atoms with E-state index in [4.69, 9.17) is 4.74 Å². The van der Waals surface area contributed by atoms with Crippen molar-refractivity contribution in [1.29, 1.82) is 0 Å². The van der Waals surface area contributed by atoms with Gasteiger partial charge in [0.15, 0.2) is 6.61 Å². The Morgan fingerprint density at radius 3 is 2.43 bits per heavy atom. The molecular weight excluding hydrogens is 428 g/mol. The zero-order valence-corrected chi connectivity index (χ0v) is 16.4. The molecule has 1 heterocycles. The molecule has 30 heavy (non-hydrogen) atoms. The van der Waals surface area contributed by atoms with Gasteiger partial charge in [0.2, 0.25) is 10.0 Å². The van der Waals surface area contributed by atoms with Crippen LogP contribution in [0.25, 0.3) is 0 Å². The fourth-order valence-electron chi connectivity index (χ4n) is 2.95. The van der Waals surface area contributed by atoms with Gasteiger partial charge < -0.3 is 10.1 Å². The minimum Gasteiger partial charge on any atom is -0.482 e. The van der Waals surface area contributed by atoms with Gasteiger partial charge in [-0.3, -0.25) is 4.79 Å². The van der Waals surface area contributed by atoms with Crippen LogP contribution in [-0.4, -0.2) is 44.5 Å². The molecule has 0 unspecified atom stereocenters. The largest absolute Gasteiger partial charge is 0.482 e. The van der Waals surface area contributed by atoms with Crippen molar-refractivity contribution < 1.29 is 35.5 Å². The second-order valence-corrected chi connectivity index (χ2v) is 8.58. The lowest BCUT2D eigenvalue weighted by Gasteiger charge is -2.18. The predicted molar refractivity (Wildman–Crippen MR) is 100 cm³/mol. The molecule has 0 aliphatic carbocycles. The summed E-state index contributed by atoms with van der Waals surface area (Å²) >= 11 is 0. The molecule has 1 N–H and O–H groups in total. The number of hydrogen-bond donors (Lipinski definition) is 1. The molecule has 2 aromatic rings. The quantitative estimate of drug-likeness (QED) is 0.685. The van der Waals surface area contributed by atoms with E-state index in [-0.39, 0.29) is 21.9 Å². The normalized spacial score (nSPS) is 15.2. The van der Waals surface area contributed by atoms with E-state index in [1.54, 1.807) is 0 Å².